The van der Waals surface area contributed by atoms with E-state index in [1.54, 1.807) is 19.1 Å². The first-order chi connectivity index (χ1) is 11.4. The Morgan fingerprint density at radius 2 is 1.92 bits per heavy atom. The number of hydrogen-bond donors (Lipinski definition) is 1. The minimum atomic E-state index is -0.516. The van der Waals surface area contributed by atoms with Crippen molar-refractivity contribution >= 4 is 33.2 Å². The Labute approximate surface area is 146 Å². The molecule has 0 aromatic heterocycles. The van der Waals surface area contributed by atoms with Crippen molar-refractivity contribution in [1.29, 1.82) is 0 Å². The van der Waals surface area contributed by atoms with Crippen LogP contribution in [0, 0.1) is 17.0 Å². The summed E-state index contributed by atoms with van der Waals surface area (Å²) in [6.07, 6.45) is 0. The van der Waals surface area contributed by atoms with Crippen LogP contribution >= 0.6 is 15.9 Å². The number of halogens is 1. The van der Waals surface area contributed by atoms with Crippen molar-refractivity contribution in [2.24, 2.45) is 0 Å². The average molecular weight is 395 g/mol. The molecule has 0 heterocycles. The Hall–Kier alpha value is -2.61. The molecular formula is C16H15BrN2O5. The van der Waals surface area contributed by atoms with Crippen LogP contribution in [0.1, 0.15) is 15.9 Å². The predicted octanol–water partition coefficient (Wildman–Crippen LogP) is 3.94. The first-order valence-electron chi connectivity index (χ1n) is 6.85. The number of benzene rings is 2. The van der Waals surface area contributed by atoms with E-state index < -0.39 is 10.8 Å². The number of rotatable bonds is 5. The summed E-state index contributed by atoms with van der Waals surface area (Å²) in [6, 6.07) is 7.48. The molecule has 0 radical (unpaired) electrons. The van der Waals surface area contributed by atoms with Gasteiger partial charge in [0.25, 0.3) is 11.6 Å². The van der Waals surface area contributed by atoms with Gasteiger partial charge in [-0.1, -0.05) is 6.07 Å². The summed E-state index contributed by atoms with van der Waals surface area (Å²) in [5.41, 5.74) is 1.20. The van der Waals surface area contributed by atoms with Crippen LogP contribution in [0.2, 0.25) is 0 Å². The Balaban J connectivity index is 2.42. The molecule has 2 aromatic carbocycles. The second-order valence-corrected chi connectivity index (χ2v) is 5.75. The highest BCUT2D eigenvalue weighted by atomic mass is 79.9. The molecule has 0 aliphatic carbocycles. The summed E-state index contributed by atoms with van der Waals surface area (Å²) in [6.45, 7) is 1.75. The molecule has 2 aromatic rings. The first kappa shape index (κ1) is 17.7. The van der Waals surface area contributed by atoms with Crippen LogP contribution in [0.5, 0.6) is 11.5 Å². The van der Waals surface area contributed by atoms with Gasteiger partial charge in [-0.05, 0) is 40.5 Å². The summed E-state index contributed by atoms with van der Waals surface area (Å²) in [5, 5.41) is 13.6. The fourth-order valence-electron chi connectivity index (χ4n) is 2.11. The number of non-ortho nitro benzene ring substituents is 1. The van der Waals surface area contributed by atoms with Crippen molar-refractivity contribution in [3.63, 3.8) is 0 Å². The molecule has 0 unspecified atom stereocenters. The number of nitrogens with zero attached hydrogens (tertiary/aromatic N) is 1. The van der Waals surface area contributed by atoms with Gasteiger partial charge in [0.1, 0.15) is 11.5 Å². The van der Waals surface area contributed by atoms with Gasteiger partial charge in [0.2, 0.25) is 0 Å². The minimum absolute atomic E-state index is 0.102. The lowest BCUT2D eigenvalue weighted by atomic mass is 10.1. The summed E-state index contributed by atoms with van der Waals surface area (Å²) in [7, 11) is 2.93. The zero-order chi connectivity index (χ0) is 17.9. The molecule has 8 heteroatoms. The van der Waals surface area contributed by atoms with Crippen LogP contribution in [-0.4, -0.2) is 25.1 Å². The molecule has 1 amide bonds. The van der Waals surface area contributed by atoms with Crippen LogP contribution in [-0.2, 0) is 0 Å². The Morgan fingerprint density at radius 3 is 2.50 bits per heavy atom. The van der Waals surface area contributed by atoms with Crippen LogP contribution in [0.25, 0.3) is 0 Å². The van der Waals surface area contributed by atoms with E-state index in [-0.39, 0.29) is 11.3 Å². The van der Waals surface area contributed by atoms with Gasteiger partial charge in [-0.2, -0.15) is 0 Å². The fraction of sp³-hybridized carbons (Fsp3) is 0.188. The van der Waals surface area contributed by atoms with E-state index in [9.17, 15) is 14.9 Å². The lowest BCUT2D eigenvalue weighted by molar-refractivity contribution is -0.384. The number of carbonyl (C=O) groups excluding carboxylic acids is 1. The van der Waals surface area contributed by atoms with Gasteiger partial charge in [0, 0.05) is 12.1 Å². The van der Waals surface area contributed by atoms with E-state index in [0.717, 1.165) is 0 Å². The van der Waals surface area contributed by atoms with E-state index in [2.05, 4.69) is 21.2 Å². The highest BCUT2D eigenvalue weighted by molar-refractivity contribution is 9.10. The van der Waals surface area contributed by atoms with Gasteiger partial charge in [-0.3, -0.25) is 14.9 Å². The Morgan fingerprint density at radius 1 is 1.21 bits per heavy atom. The van der Waals surface area contributed by atoms with Gasteiger partial charge in [0.05, 0.1) is 34.9 Å². The van der Waals surface area contributed by atoms with E-state index in [4.69, 9.17) is 9.47 Å². The van der Waals surface area contributed by atoms with Gasteiger partial charge in [-0.25, -0.2) is 0 Å². The third-order valence-electron chi connectivity index (χ3n) is 3.38. The third-order valence-corrected chi connectivity index (χ3v) is 3.97. The highest BCUT2D eigenvalue weighted by Gasteiger charge is 2.19. The maximum atomic E-state index is 12.6. The van der Waals surface area contributed by atoms with Crippen LogP contribution in [0.3, 0.4) is 0 Å². The molecule has 0 bridgehead atoms. The van der Waals surface area contributed by atoms with E-state index in [1.807, 2.05) is 0 Å². The number of nitro benzene ring substituents is 1. The molecule has 0 atom stereocenters. The van der Waals surface area contributed by atoms with Crippen molar-refractivity contribution < 1.29 is 19.2 Å². The summed E-state index contributed by atoms with van der Waals surface area (Å²) in [4.78, 5) is 23.0. The number of hydrogen-bond acceptors (Lipinski definition) is 5. The molecule has 2 rings (SSSR count). The number of ether oxygens (including phenoxy) is 2. The Kier molecular flexibility index (Phi) is 5.40. The molecule has 0 spiro atoms. The number of aryl methyl sites for hydroxylation is 1. The summed E-state index contributed by atoms with van der Waals surface area (Å²) >= 11 is 3.32. The largest absolute Gasteiger partial charge is 0.497 e. The number of amides is 1. The van der Waals surface area contributed by atoms with Crippen molar-refractivity contribution in [3.05, 3.63) is 56.0 Å². The molecule has 0 aliphatic heterocycles. The number of anilines is 1. The Bertz CT molecular complexity index is 807. The van der Waals surface area contributed by atoms with Crippen LogP contribution < -0.4 is 14.8 Å². The van der Waals surface area contributed by atoms with Crippen molar-refractivity contribution in [2.75, 3.05) is 19.5 Å². The standard InChI is InChI=1S/C16H15BrN2O5/c1-9-4-5-10(19(21)22)6-14(9)18-16(20)12-7-11(23-2)8-13(17)15(12)24-3/h4-8H,1-3H3,(H,18,20). The van der Waals surface area contributed by atoms with Gasteiger partial charge >= 0.3 is 0 Å². The number of nitrogens with one attached hydrogen (secondary N) is 1. The zero-order valence-electron chi connectivity index (χ0n) is 13.3. The number of carbonyl (C=O) groups is 1. The van der Waals surface area contributed by atoms with Crippen molar-refractivity contribution in [3.8, 4) is 11.5 Å². The molecule has 7 nitrogen and oxygen atoms in total. The first-order valence-corrected chi connectivity index (χ1v) is 7.64. The molecular weight excluding hydrogens is 380 g/mol. The monoisotopic (exact) mass is 394 g/mol. The smallest absolute Gasteiger partial charge is 0.271 e. The minimum Gasteiger partial charge on any atom is -0.497 e. The number of nitro groups is 1. The normalized spacial score (nSPS) is 10.2. The van der Waals surface area contributed by atoms with Crippen molar-refractivity contribution in [2.45, 2.75) is 6.92 Å². The number of methoxy groups -OCH3 is 2. The third kappa shape index (κ3) is 3.65. The quantitative estimate of drug-likeness (QED) is 0.612. The van der Waals surface area contributed by atoms with E-state index in [1.165, 1.54) is 32.4 Å². The highest BCUT2D eigenvalue weighted by Crippen LogP contribution is 2.34. The van der Waals surface area contributed by atoms with Gasteiger partial charge < -0.3 is 14.8 Å². The molecule has 1 N–H and O–H groups in total. The predicted molar refractivity (Wildman–Crippen MR) is 93.0 cm³/mol. The summed E-state index contributed by atoms with van der Waals surface area (Å²) < 4.78 is 11.0. The molecule has 0 saturated carbocycles. The van der Waals surface area contributed by atoms with Crippen LogP contribution in [0.15, 0.2) is 34.8 Å². The van der Waals surface area contributed by atoms with Gasteiger partial charge in [0.15, 0.2) is 0 Å². The molecule has 0 aliphatic rings. The molecule has 0 saturated heterocycles. The maximum Gasteiger partial charge on any atom is 0.271 e. The van der Waals surface area contributed by atoms with Crippen LogP contribution in [0.4, 0.5) is 11.4 Å². The second kappa shape index (κ2) is 7.31. The zero-order valence-corrected chi connectivity index (χ0v) is 14.8. The lowest BCUT2D eigenvalue weighted by Crippen LogP contribution is -2.14. The van der Waals surface area contributed by atoms with Crippen molar-refractivity contribution in [1.82, 2.24) is 0 Å². The maximum absolute atomic E-state index is 12.6. The van der Waals surface area contributed by atoms with E-state index in [0.29, 0.717) is 27.2 Å². The second-order valence-electron chi connectivity index (χ2n) is 4.90. The SMILES string of the molecule is COc1cc(Br)c(OC)c(C(=O)Nc2cc([N+](=O)[O-])ccc2C)c1. The molecule has 24 heavy (non-hydrogen) atoms. The van der Waals surface area contributed by atoms with Gasteiger partial charge in [-0.15, -0.1) is 0 Å². The topological polar surface area (TPSA) is 90.7 Å². The summed E-state index contributed by atoms with van der Waals surface area (Å²) in [5.74, 6) is 0.357. The lowest BCUT2D eigenvalue weighted by Gasteiger charge is -2.13. The average Bonchev–Trinajstić information content (AvgIpc) is 2.55. The fourth-order valence-corrected chi connectivity index (χ4v) is 2.71. The molecule has 0 fully saturated rings. The molecule has 126 valence electrons. The van der Waals surface area contributed by atoms with E-state index >= 15 is 0 Å².